The number of anilines is 1. The van der Waals surface area contributed by atoms with Crippen LogP contribution in [0.25, 0.3) is 0 Å². The standard InChI is InChI=1S/C14H16Cl2N2/c15-12-7-6-11(8-13(12)16)18-14-5-3-1-2-4-10(14)9-17/h6-8,10,14,18H,1-5H2. The van der Waals surface area contributed by atoms with Gasteiger partial charge in [0.1, 0.15) is 0 Å². The van der Waals surface area contributed by atoms with E-state index in [0.717, 1.165) is 24.9 Å². The average Bonchev–Trinajstić information content (AvgIpc) is 2.59. The molecule has 0 saturated heterocycles. The number of hydrogen-bond donors (Lipinski definition) is 1. The maximum Gasteiger partial charge on any atom is 0.0677 e. The zero-order chi connectivity index (χ0) is 13.0. The van der Waals surface area contributed by atoms with Gasteiger partial charge in [0, 0.05) is 11.7 Å². The lowest BCUT2D eigenvalue weighted by Gasteiger charge is -2.22. The van der Waals surface area contributed by atoms with Crippen molar-refractivity contribution < 1.29 is 0 Å². The van der Waals surface area contributed by atoms with E-state index in [9.17, 15) is 5.26 Å². The number of rotatable bonds is 2. The minimum absolute atomic E-state index is 0.0851. The molecular weight excluding hydrogens is 267 g/mol. The third-order valence-corrected chi connectivity index (χ3v) is 4.19. The van der Waals surface area contributed by atoms with Gasteiger partial charge < -0.3 is 5.32 Å². The Bertz CT molecular complexity index is 454. The fraction of sp³-hybridized carbons (Fsp3) is 0.500. The van der Waals surface area contributed by atoms with E-state index < -0.39 is 0 Å². The van der Waals surface area contributed by atoms with Gasteiger partial charge in [-0.05, 0) is 31.0 Å². The van der Waals surface area contributed by atoms with Gasteiger partial charge in [0.25, 0.3) is 0 Å². The molecule has 1 aliphatic rings. The predicted molar refractivity (Wildman–Crippen MR) is 76.1 cm³/mol. The molecule has 18 heavy (non-hydrogen) atoms. The summed E-state index contributed by atoms with van der Waals surface area (Å²) in [6, 6.07) is 8.15. The highest BCUT2D eigenvalue weighted by atomic mass is 35.5. The molecule has 2 rings (SSSR count). The highest BCUT2D eigenvalue weighted by Crippen LogP contribution is 2.29. The number of nitriles is 1. The van der Waals surface area contributed by atoms with Crippen LogP contribution in [0.1, 0.15) is 32.1 Å². The van der Waals surface area contributed by atoms with Gasteiger partial charge in [0.2, 0.25) is 0 Å². The van der Waals surface area contributed by atoms with E-state index in [1.54, 1.807) is 6.07 Å². The third-order valence-electron chi connectivity index (χ3n) is 3.45. The van der Waals surface area contributed by atoms with Crippen molar-refractivity contribution in [1.82, 2.24) is 0 Å². The monoisotopic (exact) mass is 282 g/mol. The van der Waals surface area contributed by atoms with Crippen molar-refractivity contribution in [3.05, 3.63) is 28.2 Å². The zero-order valence-corrected chi connectivity index (χ0v) is 11.6. The van der Waals surface area contributed by atoms with Crippen LogP contribution >= 0.6 is 23.2 Å². The molecule has 1 fully saturated rings. The molecule has 0 amide bonds. The van der Waals surface area contributed by atoms with E-state index in [1.165, 1.54) is 12.8 Å². The highest BCUT2D eigenvalue weighted by Gasteiger charge is 2.23. The van der Waals surface area contributed by atoms with Crippen molar-refractivity contribution in [3.63, 3.8) is 0 Å². The average molecular weight is 283 g/mol. The van der Waals surface area contributed by atoms with Gasteiger partial charge in [-0.25, -0.2) is 0 Å². The van der Waals surface area contributed by atoms with Gasteiger partial charge in [-0.3, -0.25) is 0 Å². The summed E-state index contributed by atoms with van der Waals surface area (Å²) in [4.78, 5) is 0. The summed E-state index contributed by atoms with van der Waals surface area (Å²) in [5.41, 5.74) is 0.941. The Kier molecular flexibility index (Phi) is 4.74. The highest BCUT2D eigenvalue weighted by molar-refractivity contribution is 6.42. The molecule has 0 heterocycles. The summed E-state index contributed by atoms with van der Waals surface area (Å²) < 4.78 is 0. The van der Waals surface area contributed by atoms with Crippen molar-refractivity contribution in [2.24, 2.45) is 5.92 Å². The first-order chi connectivity index (χ1) is 8.70. The molecule has 4 heteroatoms. The van der Waals surface area contributed by atoms with Crippen LogP contribution < -0.4 is 5.32 Å². The third kappa shape index (κ3) is 3.31. The summed E-state index contributed by atoms with van der Waals surface area (Å²) in [5.74, 6) is 0.0851. The Hall–Kier alpha value is -0.910. The zero-order valence-electron chi connectivity index (χ0n) is 10.1. The first kappa shape index (κ1) is 13.5. The molecule has 0 bridgehead atoms. The summed E-state index contributed by atoms with van der Waals surface area (Å²) in [7, 11) is 0. The second-order valence-corrected chi connectivity index (χ2v) is 5.57. The number of benzene rings is 1. The number of nitrogens with zero attached hydrogens (tertiary/aromatic N) is 1. The summed E-state index contributed by atoms with van der Waals surface area (Å²) >= 11 is 11.9. The van der Waals surface area contributed by atoms with Gasteiger partial charge in [-0.1, -0.05) is 42.5 Å². The van der Waals surface area contributed by atoms with E-state index >= 15 is 0 Å². The lowest BCUT2D eigenvalue weighted by atomic mass is 9.96. The van der Waals surface area contributed by atoms with Crippen LogP contribution in [-0.4, -0.2) is 6.04 Å². The van der Waals surface area contributed by atoms with E-state index in [1.807, 2.05) is 12.1 Å². The molecule has 2 nitrogen and oxygen atoms in total. The minimum atomic E-state index is 0.0851. The maximum atomic E-state index is 9.23. The predicted octanol–water partition coefficient (Wildman–Crippen LogP) is 4.88. The van der Waals surface area contributed by atoms with Gasteiger partial charge >= 0.3 is 0 Å². The smallest absolute Gasteiger partial charge is 0.0677 e. The molecule has 2 unspecified atom stereocenters. The lowest BCUT2D eigenvalue weighted by Crippen LogP contribution is -2.27. The van der Waals surface area contributed by atoms with Crippen LogP contribution in [0.4, 0.5) is 5.69 Å². The van der Waals surface area contributed by atoms with Crippen LogP contribution in [0.5, 0.6) is 0 Å². The van der Waals surface area contributed by atoms with Crippen LogP contribution in [0.3, 0.4) is 0 Å². The van der Waals surface area contributed by atoms with Gasteiger partial charge in [-0.15, -0.1) is 0 Å². The van der Waals surface area contributed by atoms with E-state index in [-0.39, 0.29) is 12.0 Å². The quantitative estimate of drug-likeness (QED) is 0.785. The molecule has 0 aromatic heterocycles. The van der Waals surface area contributed by atoms with Crippen molar-refractivity contribution in [2.45, 2.75) is 38.1 Å². The Morgan fingerprint density at radius 3 is 2.61 bits per heavy atom. The Labute approximate surface area is 118 Å². The second kappa shape index (κ2) is 6.31. The van der Waals surface area contributed by atoms with Crippen molar-refractivity contribution in [3.8, 4) is 6.07 Å². The van der Waals surface area contributed by atoms with Crippen molar-refractivity contribution in [1.29, 1.82) is 5.26 Å². The first-order valence-corrected chi connectivity index (χ1v) is 7.07. The molecule has 0 spiro atoms. The molecule has 1 N–H and O–H groups in total. The van der Waals surface area contributed by atoms with Gasteiger partial charge in [-0.2, -0.15) is 5.26 Å². The Morgan fingerprint density at radius 1 is 1.11 bits per heavy atom. The van der Waals surface area contributed by atoms with Crippen LogP contribution in [-0.2, 0) is 0 Å². The number of hydrogen-bond acceptors (Lipinski definition) is 2. The van der Waals surface area contributed by atoms with Gasteiger partial charge in [0.05, 0.1) is 22.0 Å². The Balaban J connectivity index is 2.10. The molecule has 2 atom stereocenters. The second-order valence-electron chi connectivity index (χ2n) is 4.75. The van der Waals surface area contributed by atoms with Crippen molar-refractivity contribution in [2.75, 3.05) is 5.32 Å². The molecule has 1 aromatic rings. The SMILES string of the molecule is N#CC1CCCCCC1Nc1ccc(Cl)c(Cl)c1. The molecular formula is C14H16Cl2N2. The van der Waals surface area contributed by atoms with E-state index in [2.05, 4.69) is 11.4 Å². The Morgan fingerprint density at radius 2 is 1.89 bits per heavy atom. The summed E-state index contributed by atoms with van der Waals surface area (Å²) in [5, 5.41) is 13.8. The fourth-order valence-electron chi connectivity index (χ4n) is 2.43. The first-order valence-electron chi connectivity index (χ1n) is 6.32. The van der Waals surface area contributed by atoms with E-state index in [0.29, 0.717) is 10.0 Å². The molecule has 0 radical (unpaired) electrons. The molecule has 96 valence electrons. The summed E-state index contributed by atoms with van der Waals surface area (Å²) in [6.45, 7) is 0. The molecule has 1 aromatic carbocycles. The van der Waals surface area contributed by atoms with Crippen molar-refractivity contribution >= 4 is 28.9 Å². The van der Waals surface area contributed by atoms with Crippen LogP contribution in [0, 0.1) is 17.2 Å². The minimum Gasteiger partial charge on any atom is -0.381 e. The number of nitrogens with one attached hydrogen (secondary N) is 1. The fourth-order valence-corrected chi connectivity index (χ4v) is 2.73. The lowest BCUT2D eigenvalue weighted by molar-refractivity contribution is 0.514. The largest absolute Gasteiger partial charge is 0.381 e. The van der Waals surface area contributed by atoms with Gasteiger partial charge in [0.15, 0.2) is 0 Å². The number of halogens is 2. The molecule has 1 saturated carbocycles. The van der Waals surface area contributed by atoms with Crippen LogP contribution in [0.15, 0.2) is 18.2 Å². The van der Waals surface area contributed by atoms with E-state index in [4.69, 9.17) is 23.2 Å². The topological polar surface area (TPSA) is 35.8 Å². The molecule has 0 aliphatic heterocycles. The van der Waals surface area contributed by atoms with Crippen LogP contribution in [0.2, 0.25) is 10.0 Å². The summed E-state index contributed by atoms with van der Waals surface area (Å²) in [6.07, 6.45) is 5.57. The maximum absolute atomic E-state index is 9.23. The molecule has 1 aliphatic carbocycles. The normalized spacial score (nSPS) is 24.1.